The molecule has 23 aromatic rings. The van der Waals surface area contributed by atoms with Gasteiger partial charge in [-0.25, -0.2) is 4.39 Å². The van der Waals surface area contributed by atoms with Gasteiger partial charge in [-0.05, 0) is 286 Å². The third-order valence-corrected chi connectivity index (χ3v) is 31.4. The third-order valence-electron chi connectivity index (χ3n) is 31.4. The zero-order valence-electron chi connectivity index (χ0n) is 77.6. The molecule has 143 heavy (non-hydrogen) atoms. The van der Waals surface area contributed by atoms with Crippen LogP contribution < -0.4 is 19.6 Å². The number of hydrogen-bond donors (Lipinski definition) is 0. The van der Waals surface area contributed by atoms with E-state index in [0.717, 1.165) is 179 Å². The number of nitriles is 1. The van der Waals surface area contributed by atoms with E-state index in [2.05, 4.69) is 528 Å². The summed E-state index contributed by atoms with van der Waals surface area (Å²) in [6.07, 6.45) is 0. The summed E-state index contributed by atoms with van der Waals surface area (Å²) in [5.74, 6) is -0.274. The second-order valence-corrected chi connectivity index (χ2v) is 38.3. The van der Waals surface area contributed by atoms with E-state index in [9.17, 15) is 5.26 Å². The van der Waals surface area contributed by atoms with E-state index in [-0.39, 0.29) is 5.82 Å². The van der Waals surface area contributed by atoms with Gasteiger partial charge in [-0.1, -0.05) is 358 Å². The van der Waals surface area contributed by atoms with Crippen LogP contribution in [0.25, 0.3) is 117 Å². The molecule has 7 heteroatoms. The van der Waals surface area contributed by atoms with Crippen LogP contribution >= 0.6 is 0 Å². The van der Waals surface area contributed by atoms with Crippen molar-refractivity contribution in [3.63, 3.8) is 0 Å². The highest BCUT2D eigenvalue weighted by Crippen LogP contribution is 2.71. The lowest BCUT2D eigenvalue weighted by Gasteiger charge is -2.37. The van der Waals surface area contributed by atoms with Crippen molar-refractivity contribution < 1.29 is 4.39 Å². The van der Waals surface area contributed by atoms with Crippen molar-refractivity contribution in [1.29, 1.82) is 5.26 Å². The van der Waals surface area contributed by atoms with Gasteiger partial charge in [0, 0.05) is 89.8 Å². The molecule has 6 nitrogen and oxygen atoms in total. The minimum absolute atomic E-state index is 0.274. The number of aromatic nitrogens is 1. The summed E-state index contributed by atoms with van der Waals surface area (Å²) < 4.78 is 20.7. The van der Waals surface area contributed by atoms with E-state index >= 15 is 4.39 Å². The van der Waals surface area contributed by atoms with Crippen LogP contribution in [-0.2, 0) is 16.2 Å². The number of hydrogen-bond acceptors (Lipinski definition) is 5. The first-order valence-electron chi connectivity index (χ1n) is 49.2. The van der Waals surface area contributed by atoms with Gasteiger partial charge in [-0.3, -0.25) is 0 Å². The Morgan fingerprint density at radius 1 is 0.203 bits per heavy atom. The van der Waals surface area contributed by atoms with Crippen LogP contribution in [0.3, 0.4) is 0 Å². The molecule has 6 aliphatic carbocycles. The molecule has 29 rings (SSSR count). The van der Waals surface area contributed by atoms with E-state index in [1.165, 1.54) is 66.8 Å². The van der Waals surface area contributed by atoms with Gasteiger partial charge >= 0.3 is 0 Å². The minimum Gasteiger partial charge on any atom is -0.310 e. The Morgan fingerprint density at radius 2 is 0.559 bits per heavy atom. The fourth-order valence-corrected chi connectivity index (χ4v) is 26.0. The highest BCUT2D eigenvalue weighted by Gasteiger charge is 2.57. The molecule has 1 atom stereocenters. The molecule has 0 N–H and O–H groups in total. The van der Waals surface area contributed by atoms with Crippen LogP contribution in [0, 0.1) is 17.1 Å². The Labute approximate surface area is 828 Å². The highest BCUT2D eigenvalue weighted by atomic mass is 19.1. The molecule has 1 unspecified atom stereocenters. The van der Waals surface area contributed by atoms with Gasteiger partial charge in [0.15, 0.2) is 0 Å². The van der Waals surface area contributed by atoms with Gasteiger partial charge in [-0.2, -0.15) is 5.26 Å². The molecule has 666 valence electrons. The van der Waals surface area contributed by atoms with Crippen molar-refractivity contribution in [3.05, 3.63) is 594 Å². The molecule has 1 aromatic heterocycles. The fraction of sp³-hybridized carbons (Fsp3) is 0.0221. The number of nitrogens with zero attached hydrogens (tertiary/aromatic N) is 6. The second-order valence-electron chi connectivity index (χ2n) is 38.3. The van der Waals surface area contributed by atoms with Crippen molar-refractivity contribution in [1.82, 2.24) is 4.57 Å². The van der Waals surface area contributed by atoms with Gasteiger partial charge in [0.2, 0.25) is 0 Å². The van der Waals surface area contributed by atoms with E-state index in [0.29, 0.717) is 11.1 Å². The number of rotatable bonds is 15. The van der Waals surface area contributed by atoms with E-state index in [1.807, 2.05) is 12.1 Å². The lowest BCUT2D eigenvalue weighted by atomic mass is 9.70. The summed E-state index contributed by atoms with van der Waals surface area (Å²) in [7, 11) is 0. The molecular formula is C136H85FN6. The zero-order chi connectivity index (χ0) is 94.3. The quantitative estimate of drug-likeness (QED) is 0.102. The van der Waals surface area contributed by atoms with Crippen molar-refractivity contribution in [3.8, 4) is 101 Å². The number of benzene rings is 22. The van der Waals surface area contributed by atoms with Crippen molar-refractivity contribution >= 4 is 90.1 Å². The number of fused-ring (bicyclic) bond motifs is 33. The normalized spacial score (nSPS) is 14.0. The van der Waals surface area contributed by atoms with Crippen LogP contribution in [0.1, 0.15) is 72.3 Å². The predicted molar refractivity (Wildman–Crippen MR) is 584 cm³/mol. The topological polar surface area (TPSA) is 41.7 Å². The van der Waals surface area contributed by atoms with Crippen molar-refractivity contribution in [2.24, 2.45) is 0 Å². The molecule has 0 aliphatic heterocycles. The summed E-state index contributed by atoms with van der Waals surface area (Å²) >= 11 is 0. The molecule has 0 radical (unpaired) electrons. The van der Waals surface area contributed by atoms with Crippen molar-refractivity contribution in [2.45, 2.75) is 16.2 Å². The van der Waals surface area contributed by atoms with Gasteiger partial charge in [0.05, 0.1) is 61.7 Å². The Bertz CT molecular complexity index is 9140. The Balaban J connectivity index is 0.695. The molecular weight excluding hydrogens is 1740 g/mol. The first-order chi connectivity index (χ1) is 70.9. The number of para-hydroxylation sites is 8. The lowest BCUT2D eigenvalue weighted by molar-refractivity contribution is 0.629. The summed E-state index contributed by atoms with van der Waals surface area (Å²) in [4.78, 5) is 9.96. The van der Waals surface area contributed by atoms with Crippen molar-refractivity contribution in [2.75, 3.05) is 19.6 Å². The smallest absolute Gasteiger partial charge is 0.131 e. The van der Waals surface area contributed by atoms with E-state index in [1.54, 1.807) is 6.07 Å². The number of halogens is 1. The van der Waals surface area contributed by atoms with Crippen LogP contribution in [0.15, 0.2) is 516 Å². The maximum Gasteiger partial charge on any atom is 0.131 e. The van der Waals surface area contributed by atoms with Crippen LogP contribution in [0.5, 0.6) is 0 Å². The number of anilines is 12. The second kappa shape index (κ2) is 31.7. The SMILES string of the molecule is N#Cc1ccc2c(c1)C1(c3ccccc3-c3ccccc31)c1ccc(N(c3ccccc3)c3cccc(-c4ccc5c(c4)C4(c6ccccc6-c6c(F)cccc64)c4ccc(-c6ccccc6N(c6ccccc6)c6ccccc6)c(N(c6ccccc6)c6ccc7c(c6)c6ccccc6n7-c6ccccc6)c4-5)c3)c(N(c3ccccc3)c3ccc4c(c3)C3(c5ccccc5-c5ccccc53)c3ccccc3-4)c1-2. The first kappa shape index (κ1) is 81.4. The van der Waals surface area contributed by atoms with Gasteiger partial charge in [-0.15, -0.1) is 0 Å². The molecule has 0 fully saturated rings. The molecule has 0 saturated heterocycles. The minimum atomic E-state index is -1.10. The maximum absolute atomic E-state index is 18.3. The first-order valence-corrected chi connectivity index (χ1v) is 49.2. The Morgan fingerprint density at radius 3 is 1.13 bits per heavy atom. The zero-order valence-corrected chi connectivity index (χ0v) is 77.6. The molecule has 0 saturated carbocycles. The van der Waals surface area contributed by atoms with Crippen LogP contribution in [-0.4, -0.2) is 4.57 Å². The average Bonchev–Trinajstić information content (AvgIpc) is 1.50. The third kappa shape index (κ3) is 11.5. The van der Waals surface area contributed by atoms with Gasteiger partial charge < -0.3 is 24.2 Å². The predicted octanol–water partition coefficient (Wildman–Crippen LogP) is 35.0. The summed E-state index contributed by atoms with van der Waals surface area (Å²) in [5.41, 5.74) is 43.1. The summed E-state index contributed by atoms with van der Waals surface area (Å²) in [5, 5.41) is 13.6. The molecule has 3 spiro atoms. The standard InChI is InChI=1S/C136H85FN6/c137-124-66-36-65-118-129(124)108-58-24-32-64-117(108)136(118)119-77-76-107(105-56-25-33-67-125(105)139(90-38-7-1-8-39-90)91-40-9-2-10-41-91)132(141(93-44-13-4-14-45-93)97-72-79-127-111(84-97)106-57-26-34-68-126(106)143(127)95-48-17-6-18-49-95)130(119)110-74-70-89(83-122(110)136)88-37-35-50-96(82-88)140(92-42-11-3-12-43-92)128-80-78-120-131(109-73-69-87(86-138)81-121(109)135(120)115-62-30-21-53-101(115)102-54-22-31-63-116(102)135)133(128)142(94-46-15-5-16-47-94)98-71-75-104-103-55-23-29-61-114(103)134(123(104)85-98)112-59-27-19-51-99(112)100-52-20-28-60-113(100)134/h1-85H. The Kier molecular flexibility index (Phi) is 18.0. The Hall–Kier alpha value is -18.7. The largest absolute Gasteiger partial charge is 0.310 e. The van der Waals surface area contributed by atoms with Gasteiger partial charge in [0.1, 0.15) is 5.82 Å². The average molecular weight is 1820 g/mol. The van der Waals surface area contributed by atoms with Crippen LogP contribution in [0.2, 0.25) is 0 Å². The molecule has 1 heterocycles. The summed E-state index contributed by atoms with van der Waals surface area (Å²) in [6.45, 7) is 0. The van der Waals surface area contributed by atoms with E-state index < -0.39 is 16.2 Å². The molecule has 22 aromatic carbocycles. The molecule has 6 aliphatic rings. The highest BCUT2D eigenvalue weighted by molar-refractivity contribution is 6.15. The monoisotopic (exact) mass is 1820 g/mol. The molecule has 0 bridgehead atoms. The van der Waals surface area contributed by atoms with Gasteiger partial charge in [0.25, 0.3) is 0 Å². The van der Waals surface area contributed by atoms with Crippen LogP contribution in [0.4, 0.5) is 72.6 Å². The lowest BCUT2D eigenvalue weighted by Crippen LogP contribution is -2.27. The maximum atomic E-state index is 18.3. The van der Waals surface area contributed by atoms with E-state index in [4.69, 9.17) is 0 Å². The molecule has 0 amide bonds. The fourth-order valence-electron chi connectivity index (χ4n) is 26.0. The summed E-state index contributed by atoms with van der Waals surface area (Å²) in [6, 6.07) is 192.